The summed E-state index contributed by atoms with van der Waals surface area (Å²) in [5.41, 5.74) is 2.34. The van der Waals surface area contributed by atoms with Crippen molar-refractivity contribution in [3.05, 3.63) is 76.7 Å². The lowest BCUT2D eigenvalue weighted by Crippen LogP contribution is -2.33. The normalized spacial score (nSPS) is 19.9. The molecule has 29 heavy (non-hydrogen) atoms. The Labute approximate surface area is 172 Å². The van der Waals surface area contributed by atoms with Crippen LogP contribution in [0.2, 0.25) is 5.02 Å². The van der Waals surface area contributed by atoms with E-state index in [9.17, 15) is 5.11 Å². The van der Waals surface area contributed by atoms with Gasteiger partial charge in [-0.1, -0.05) is 23.7 Å². The highest BCUT2D eigenvalue weighted by atomic mass is 35.5. The molecule has 0 spiro atoms. The van der Waals surface area contributed by atoms with E-state index in [-0.39, 0.29) is 11.8 Å². The first-order valence-electron chi connectivity index (χ1n) is 9.46. The van der Waals surface area contributed by atoms with Gasteiger partial charge in [-0.2, -0.15) is 5.10 Å². The molecule has 0 fully saturated rings. The summed E-state index contributed by atoms with van der Waals surface area (Å²) in [5, 5.41) is 17.6. The quantitative estimate of drug-likeness (QED) is 0.633. The van der Waals surface area contributed by atoms with Crippen LogP contribution in [-0.2, 0) is 0 Å². The zero-order valence-corrected chi connectivity index (χ0v) is 16.5. The number of hydrazone groups is 1. The van der Waals surface area contributed by atoms with E-state index in [0.29, 0.717) is 40.9 Å². The van der Waals surface area contributed by atoms with Crippen molar-refractivity contribution in [1.82, 2.24) is 5.01 Å². The third-order valence-electron chi connectivity index (χ3n) is 5.14. The fourth-order valence-electron chi connectivity index (χ4n) is 3.87. The summed E-state index contributed by atoms with van der Waals surface area (Å²) >= 11 is 6.16. The predicted octanol–water partition coefficient (Wildman–Crippen LogP) is 5.28. The molecule has 2 aliphatic heterocycles. The lowest BCUT2D eigenvalue weighted by atomic mass is 9.95. The highest BCUT2D eigenvalue weighted by molar-refractivity contribution is 6.31. The molecule has 3 heterocycles. The van der Waals surface area contributed by atoms with Gasteiger partial charge in [-0.25, -0.2) is 5.01 Å². The molecule has 2 aliphatic rings. The molecule has 0 unspecified atom stereocenters. The van der Waals surface area contributed by atoms with Crippen LogP contribution in [0.15, 0.2) is 64.3 Å². The van der Waals surface area contributed by atoms with E-state index >= 15 is 0 Å². The SMILES string of the molecule is CCOc1cccc2c1O[C@@H](c1ccco1)N1N=C(c3cc(Cl)ccc3O)C[C@@H]21. The maximum Gasteiger partial charge on any atom is 0.246 e. The summed E-state index contributed by atoms with van der Waals surface area (Å²) in [6.07, 6.45) is 1.67. The second-order valence-electron chi connectivity index (χ2n) is 6.90. The van der Waals surface area contributed by atoms with Crippen LogP contribution in [0.5, 0.6) is 17.2 Å². The van der Waals surface area contributed by atoms with Crippen LogP contribution in [0.25, 0.3) is 0 Å². The molecule has 6 nitrogen and oxygen atoms in total. The summed E-state index contributed by atoms with van der Waals surface area (Å²) in [6.45, 7) is 2.48. The molecule has 0 radical (unpaired) electrons. The van der Waals surface area contributed by atoms with Crippen molar-refractivity contribution in [2.75, 3.05) is 6.61 Å². The zero-order valence-electron chi connectivity index (χ0n) is 15.7. The molecule has 7 heteroatoms. The third-order valence-corrected chi connectivity index (χ3v) is 5.37. The van der Waals surface area contributed by atoms with Crippen molar-refractivity contribution in [1.29, 1.82) is 0 Å². The zero-order chi connectivity index (χ0) is 20.0. The Bertz CT molecular complexity index is 1080. The Balaban J connectivity index is 1.62. The molecule has 0 aliphatic carbocycles. The van der Waals surface area contributed by atoms with E-state index in [0.717, 1.165) is 11.3 Å². The average Bonchev–Trinajstić information content (AvgIpc) is 3.40. The first-order valence-corrected chi connectivity index (χ1v) is 9.84. The molecule has 148 valence electrons. The van der Waals surface area contributed by atoms with Gasteiger partial charge in [0.15, 0.2) is 17.3 Å². The van der Waals surface area contributed by atoms with E-state index in [1.807, 2.05) is 42.3 Å². The molecule has 0 saturated heterocycles. The van der Waals surface area contributed by atoms with Gasteiger partial charge in [0.1, 0.15) is 5.75 Å². The summed E-state index contributed by atoms with van der Waals surface area (Å²) in [7, 11) is 0. The van der Waals surface area contributed by atoms with Gasteiger partial charge in [0.25, 0.3) is 0 Å². The lowest BCUT2D eigenvalue weighted by Gasteiger charge is -2.37. The molecule has 0 saturated carbocycles. The van der Waals surface area contributed by atoms with Crippen LogP contribution in [-0.4, -0.2) is 22.4 Å². The van der Waals surface area contributed by atoms with E-state index in [1.165, 1.54) is 0 Å². The van der Waals surface area contributed by atoms with Gasteiger partial charge in [-0.05, 0) is 43.3 Å². The monoisotopic (exact) mass is 410 g/mol. The predicted molar refractivity (Wildman–Crippen MR) is 109 cm³/mol. The first kappa shape index (κ1) is 17.9. The molecule has 1 aromatic heterocycles. The van der Waals surface area contributed by atoms with Crippen molar-refractivity contribution >= 4 is 17.3 Å². The maximum atomic E-state index is 10.4. The highest BCUT2D eigenvalue weighted by Gasteiger charge is 2.43. The number of phenols is 1. The second kappa shape index (κ2) is 7.04. The number of hydrogen-bond acceptors (Lipinski definition) is 6. The minimum atomic E-state index is -0.539. The second-order valence-corrected chi connectivity index (χ2v) is 7.34. The van der Waals surface area contributed by atoms with Gasteiger partial charge < -0.3 is 19.0 Å². The van der Waals surface area contributed by atoms with Gasteiger partial charge in [0.2, 0.25) is 6.23 Å². The molecular weight excluding hydrogens is 392 g/mol. The largest absolute Gasteiger partial charge is 0.507 e. The van der Waals surface area contributed by atoms with Crippen molar-refractivity contribution in [3.8, 4) is 17.2 Å². The molecule has 3 aromatic rings. The smallest absolute Gasteiger partial charge is 0.246 e. The van der Waals surface area contributed by atoms with E-state index in [4.69, 9.17) is 30.6 Å². The Hall–Kier alpha value is -3.12. The first-order chi connectivity index (χ1) is 14.2. The summed E-state index contributed by atoms with van der Waals surface area (Å²) in [6, 6.07) is 14.4. The van der Waals surface area contributed by atoms with E-state index in [1.54, 1.807) is 24.5 Å². The number of halogens is 1. The Morgan fingerprint density at radius 3 is 2.93 bits per heavy atom. The van der Waals surface area contributed by atoms with Gasteiger partial charge in [0.05, 0.1) is 24.6 Å². The maximum absolute atomic E-state index is 10.4. The van der Waals surface area contributed by atoms with Crippen LogP contribution in [0, 0.1) is 0 Å². The fraction of sp³-hybridized carbons (Fsp3) is 0.227. The third kappa shape index (κ3) is 3.00. The van der Waals surface area contributed by atoms with Crippen molar-refractivity contribution in [2.45, 2.75) is 25.6 Å². The average molecular weight is 411 g/mol. The minimum Gasteiger partial charge on any atom is -0.507 e. The van der Waals surface area contributed by atoms with Crippen LogP contribution in [0.1, 0.15) is 42.5 Å². The number of para-hydroxylation sites is 1. The van der Waals surface area contributed by atoms with Crippen LogP contribution >= 0.6 is 11.6 Å². The molecule has 1 N–H and O–H groups in total. The molecule has 5 rings (SSSR count). The number of rotatable bonds is 4. The number of hydrogen-bond donors (Lipinski definition) is 1. The summed E-state index contributed by atoms with van der Waals surface area (Å²) in [5.74, 6) is 2.18. The van der Waals surface area contributed by atoms with Crippen molar-refractivity contribution in [2.24, 2.45) is 5.10 Å². The van der Waals surface area contributed by atoms with Crippen molar-refractivity contribution < 1.29 is 19.0 Å². The van der Waals surface area contributed by atoms with E-state index < -0.39 is 6.23 Å². The van der Waals surface area contributed by atoms with Gasteiger partial charge in [-0.15, -0.1) is 0 Å². The number of phenolic OH excluding ortho intramolecular Hbond substituents is 1. The van der Waals surface area contributed by atoms with Crippen LogP contribution < -0.4 is 9.47 Å². The Morgan fingerprint density at radius 1 is 1.24 bits per heavy atom. The van der Waals surface area contributed by atoms with E-state index in [2.05, 4.69) is 0 Å². The molecule has 2 atom stereocenters. The highest BCUT2D eigenvalue weighted by Crippen LogP contribution is 2.51. The number of furan rings is 1. The number of aromatic hydroxyl groups is 1. The van der Waals surface area contributed by atoms with Gasteiger partial charge in [0, 0.05) is 22.6 Å². The van der Waals surface area contributed by atoms with Crippen LogP contribution in [0.4, 0.5) is 0 Å². The van der Waals surface area contributed by atoms with Crippen molar-refractivity contribution in [3.63, 3.8) is 0 Å². The summed E-state index contributed by atoms with van der Waals surface area (Å²) in [4.78, 5) is 0. The fourth-order valence-corrected chi connectivity index (χ4v) is 4.05. The molecular formula is C22H19ClN2O4. The molecule has 0 amide bonds. The van der Waals surface area contributed by atoms with Gasteiger partial charge in [-0.3, -0.25) is 0 Å². The lowest BCUT2D eigenvalue weighted by molar-refractivity contribution is -0.0344. The number of benzene rings is 2. The number of nitrogens with zero attached hydrogens (tertiary/aromatic N) is 2. The Kier molecular flexibility index (Phi) is 4.36. The summed E-state index contributed by atoms with van der Waals surface area (Å²) < 4.78 is 17.8. The number of ether oxygens (including phenoxy) is 2. The minimum absolute atomic E-state index is 0.0809. The topological polar surface area (TPSA) is 67.4 Å². The molecule has 2 aromatic carbocycles. The Morgan fingerprint density at radius 2 is 2.14 bits per heavy atom. The van der Waals surface area contributed by atoms with Crippen LogP contribution in [0.3, 0.4) is 0 Å². The molecule has 0 bridgehead atoms. The van der Waals surface area contributed by atoms with Gasteiger partial charge >= 0.3 is 0 Å². The number of fused-ring (bicyclic) bond motifs is 3. The standard InChI is InChI=1S/C22H19ClN2O4/c1-2-27-19-6-3-5-14-17-12-16(15-11-13(23)8-9-18(15)26)24-25(17)22(29-21(14)19)20-7-4-10-28-20/h3-11,17,22,26H,2,12H2,1H3/t17-,22-/m0/s1.